The van der Waals surface area contributed by atoms with E-state index in [0.29, 0.717) is 0 Å². The summed E-state index contributed by atoms with van der Waals surface area (Å²) >= 11 is 1.68. The van der Waals surface area contributed by atoms with Gasteiger partial charge in [-0.1, -0.05) is 13.8 Å². The summed E-state index contributed by atoms with van der Waals surface area (Å²) < 4.78 is 0. The number of nitrogens with two attached hydrogens (primary N) is 1. The molecule has 0 fully saturated rings. The first-order valence-electron chi connectivity index (χ1n) is 6.50. The summed E-state index contributed by atoms with van der Waals surface area (Å²) in [7, 11) is 0. The molecule has 0 amide bonds. The van der Waals surface area contributed by atoms with Crippen LogP contribution in [-0.4, -0.2) is 15.0 Å². The number of rotatable bonds is 1. The predicted molar refractivity (Wildman–Crippen MR) is 76.9 cm³/mol. The minimum atomic E-state index is 0.105. The van der Waals surface area contributed by atoms with Crippen LogP contribution in [0.3, 0.4) is 0 Å². The van der Waals surface area contributed by atoms with Crippen LogP contribution in [0.25, 0.3) is 10.7 Å². The van der Waals surface area contributed by atoms with Crippen molar-refractivity contribution in [2.45, 2.75) is 39.7 Å². The van der Waals surface area contributed by atoms with Gasteiger partial charge in [-0.15, -0.1) is 11.3 Å². The largest absolute Gasteiger partial charge is 0.323 e. The molecule has 3 rings (SSSR count). The molecule has 0 spiro atoms. The summed E-state index contributed by atoms with van der Waals surface area (Å²) in [6.45, 7) is 6.40. The van der Waals surface area contributed by atoms with Crippen molar-refractivity contribution in [3.05, 3.63) is 28.7 Å². The molecule has 0 aromatic carbocycles. The minimum Gasteiger partial charge on any atom is -0.323 e. The molecule has 1 aliphatic carbocycles. The highest BCUT2D eigenvalue weighted by Crippen LogP contribution is 2.43. The molecule has 0 radical (unpaired) electrons. The monoisotopic (exact) mass is 274 g/mol. The summed E-state index contributed by atoms with van der Waals surface area (Å²) in [6.07, 6.45) is 3.79. The third-order valence-corrected chi connectivity index (χ3v) is 4.73. The second-order valence-corrected chi connectivity index (χ2v) is 7.00. The zero-order valence-electron chi connectivity index (χ0n) is 11.5. The van der Waals surface area contributed by atoms with Gasteiger partial charge in [0.05, 0.1) is 5.69 Å². The normalized spacial score (nSPS) is 21.2. The molecule has 4 nitrogen and oxygen atoms in total. The highest BCUT2D eigenvalue weighted by atomic mass is 32.1. The number of aryl methyl sites for hydroxylation is 1. The molecule has 0 bridgehead atoms. The molecule has 0 saturated carbocycles. The lowest BCUT2D eigenvalue weighted by Gasteiger charge is -2.32. The van der Waals surface area contributed by atoms with Crippen molar-refractivity contribution in [2.24, 2.45) is 11.1 Å². The maximum atomic E-state index is 6.28. The number of thiazole rings is 1. The summed E-state index contributed by atoms with van der Waals surface area (Å²) in [5.41, 5.74) is 8.57. The van der Waals surface area contributed by atoms with Crippen molar-refractivity contribution in [1.29, 1.82) is 0 Å². The highest BCUT2D eigenvalue weighted by molar-refractivity contribution is 7.15. The number of hydrogen-bond acceptors (Lipinski definition) is 5. The average molecular weight is 274 g/mol. The van der Waals surface area contributed by atoms with Gasteiger partial charge >= 0.3 is 0 Å². The predicted octanol–water partition coefficient (Wildman–Crippen LogP) is 2.88. The SMILES string of the molecule is Cc1nccc(-c2nc3c(s2)C(N)CC(C)(C)C3)n1. The van der Waals surface area contributed by atoms with Crippen molar-refractivity contribution < 1.29 is 0 Å². The molecule has 1 atom stereocenters. The van der Waals surface area contributed by atoms with Gasteiger partial charge in [0, 0.05) is 17.1 Å². The van der Waals surface area contributed by atoms with Crippen LogP contribution in [0.15, 0.2) is 12.3 Å². The number of hydrogen-bond donors (Lipinski definition) is 1. The van der Waals surface area contributed by atoms with Crippen molar-refractivity contribution in [1.82, 2.24) is 15.0 Å². The lowest BCUT2D eigenvalue weighted by molar-refractivity contribution is 0.282. The van der Waals surface area contributed by atoms with E-state index in [-0.39, 0.29) is 11.5 Å². The van der Waals surface area contributed by atoms with Crippen LogP contribution in [0, 0.1) is 12.3 Å². The molecule has 19 heavy (non-hydrogen) atoms. The third kappa shape index (κ3) is 2.40. The van der Waals surface area contributed by atoms with Gasteiger partial charge in [-0.25, -0.2) is 15.0 Å². The lowest BCUT2D eigenvalue weighted by atomic mass is 9.77. The molecule has 0 saturated heterocycles. The third-order valence-electron chi connectivity index (χ3n) is 3.48. The molecule has 1 aliphatic rings. The molecule has 2 N–H and O–H groups in total. The molecule has 2 aromatic rings. The second kappa shape index (κ2) is 4.35. The number of fused-ring (bicyclic) bond motifs is 1. The Morgan fingerprint density at radius 2 is 2.16 bits per heavy atom. The fraction of sp³-hybridized carbons (Fsp3) is 0.500. The van der Waals surface area contributed by atoms with Crippen LogP contribution in [0.4, 0.5) is 0 Å². The molecular formula is C14H18N4S. The zero-order valence-corrected chi connectivity index (χ0v) is 12.3. The molecule has 100 valence electrons. The van der Waals surface area contributed by atoms with Crippen LogP contribution in [0.2, 0.25) is 0 Å². The first-order chi connectivity index (χ1) is 8.94. The lowest BCUT2D eigenvalue weighted by Crippen LogP contribution is -2.28. The Morgan fingerprint density at radius 3 is 2.89 bits per heavy atom. The standard InChI is InChI=1S/C14H18N4S/c1-8-16-5-4-10(17-8)13-18-11-7-14(2,3)6-9(15)12(11)19-13/h4-5,9H,6-7,15H2,1-3H3. The van der Waals surface area contributed by atoms with Crippen molar-refractivity contribution in [3.8, 4) is 10.7 Å². The Morgan fingerprint density at radius 1 is 1.37 bits per heavy atom. The molecule has 2 aromatic heterocycles. The summed E-state index contributed by atoms with van der Waals surface area (Å²) in [6, 6.07) is 2.02. The topological polar surface area (TPSA) is 64.7 Å². The molecular weight excluding hydrogens is 256 g/mol. The Bertz CT molecular complexity index is 618. The Kier molecular flexibility index (Phi) is 2.91. The van der Waals surface area contributed by atoms with Gasteiger partial charge in [-0.2, -0.15) is 0 Å². The molecule has 0 aliphatic heterocycles. The van der Waals surface area contributed by atoms with Crippen LogP contribution < -0.4 is 5.73 Å². The van der Waals surface area contributed by atoms with Gasteiger partial charge in [0.2, 0.25) is 0 Å². The maximum absolute atomic E-state index is 6.28. The summed E-state index contributed by atoms with van der Waals surface area (Å²) in [4.78, 5) is 14.6. The number of aromatic nitrogens is 3. The molecule has 1 unspecified atom stereocenters. The van der Waals surface area contributed by atoms with E-state index in [9.17, 15) is 0 Å². The zero-order chi connectivity index (χ0) is 13.6. The average Bonchev–Trinajstić information content (AvgIpc) is 2.71. The van der Waals surface area contributed by atoms with Gasteiger partial charge in [0.15, 0.2) is 0 Å². The maximum Gasteiger partial charge on any atom is 0.142 e. The van der Waals surface area contributed by atoms with E-state index in [1.54, 1.807) is 17.5 Å². The summed E-state index contributed by atoms with van der Waals surface area (Å²) in [5, 5.41) is 0.962. The second-order valence-electron chi connectivity index (χ2n) is 5.97. The van der Waals surface area contributed by atoms with E-state index in [4.69, 9.17) is 10.7 Å². The summed E-state index contributed by atoms with van der Waals surface area (Å²) in [5.74, 6) is 0.773. The Balaban J connectivity index is 2.04. The van der Waals surface area contributed by atoms with Crippen molar-refractivity contribution in [2.75, 3.05) is 0 Å². The fourth-order valence-electron chi connectivity index (χ4n) is 2.68. The van der Waals surface area contributed by atoms with Gasteiger partial charge in [0.1, 0.15) is 16.5 Å². The smallest absolute Gasteiger partial charge is 0.142 e. The van der Waals surface area contributed by atoms with E-state index >= 15 is 0 Å². The quantitative estimate of drug-likeness (QED) is 0.868. The first-order valence-corrected chi connectivity index (χ1v) is 7.31. The van der Waals surface area contributed by atoms with E-state index < -0.39 is 0 Å². The number of nitrogens with zero attached hydrogens (tertiary/aromatic N) is 3. The minimum absolute atomic E-state index is 0.105. The Labute approximate surface area is 117 Å². The Hall–Kier alpha value is -1.33. The molecule has 2 heterocycles. The first kappa shape index (κ1) is 12.7. The van der Waals surface area contributed by atoms with Crippen molar-refractivity contribution >= 4 is 11.3 Å². The van der Waals surface area contributed by atoms with Gasteiger partial charge < -0.3 is 5.73 Å². The van der Waals surface area contributed by atoms with Gasteiger partial charge in [-0.05, 0) is 31.2 Å². The van der Waals surface area contributed by atoms with Crippen LogP contribution in [-0.2, 0) is 6.42 Å². The van der Waals surface area contributed by atoms with Gasteiger partial charge in [-0.3, -0.25) is 0 Å². The van der Waals surface area contributed by atoms with Crippen LogP contribution in [0.5, 0.6) is 0 Å². The fourth-order valence-corrected chi connectivity index (χ4v) is 3.73. The highest BCUT2D eigenvalue weighted by Gasteiger charge is 2.33. The van der Waals surface area contributed by atoms with Crippen LogP contribution in [0.1, 0.15) is 42.7 Å². The van der Waals surface area contributed by atoms with Crippen LogP contribution >= 0.6 is 11.3 Å². The van der Waals surface area contributed by atoms with E-state index in [1.165, 1.54) is 4.88 Å². The molecule has 5 heteroatoms. The van der Waals surface area contributed by atoms with E-state index in [2.05, 4.69) is 23.8 Å². The van der Waals surface area contributed by atoms with E-state index in [1.807, 2.05) is 13.0 Å². The van der Waals surface area contributed by atoms with Crippen molar-refractivity contribution in [3.63, 3.8) is 0 Å². The van der Waals surface area contributed by atoms with Gasteiger partial charge in [0.25, 0.3) is 0 Å². The van der Waals surface area contributed by atoms with E-state index in [0.717, 1.165) is 35.1 Å².